The summed E-state index contributed by atoms with van der Waals surface area (Å²) in [7, 11) is 0. The van der Waals surface area contributed by atoms with E-state index in [1.165, 1.54) is 0 Å². The quantitative estimate of drug-likeness (QED) is 0.895. The highest BCUT2D eigenvalue weighted by molar-refractivity contribution is 5.96. The van der Waals surface area contributed by atoms with Crippen molar-refractivity contribution in [2.45, 2.75) is 38.6 Å². The third kappa shape index (κ3) is 3.95. The molecule has 19 heavy (non-hydrogen) atoms. The first-order chi connectivity index (χ1) is 8.64. The molecule has 0 atom stereocenters. The molecule has 2 N–H and O–H groups in total. The molecule has 0 saturated carbocycles. The van der Waals surface area contributed by atoms with Gasteiger partial charge in [0.25, 0.3) is 5.91 Å². The van der Waals surface area contributed by atoms with Crippen molar-refractivity contribution in [2.24, 2.45) is 0 Å². The van der Waals surface area contributed by atoms with Crippen molar-refractivity contribution >= 4 is 18.3 Å². The van der Waals surface area contributed by atoms with E-state index >= 15 is 0 Å². The van der Waals surface area contributed by atoms with Gasteiger partial charge in [-0.3, -0.25) is 4.79 Å². The van der Waals surface area contributed by atoms with Crippen LogP contribution >= 0.6 is 12.4 Å². The molecule has 0 spiro atoms. The maximum Gasteiger partial charge on any atom is 0.251 e. The fourth-order valence-corrected chi connectivity index (χ4v) is 2.50. The Balaban J connectivity index is 0.00000180. The lowest BCUT2D eigenvalue weighted by molar-refractivity contribution is 0.0886. The Labute approximate surface area is 121 Å². The van der Waals surface area contributed by atoms with Crippen molar-refractivity contribution in [2.75, 3.05) is 13.1 Å². The molecular formula is C15H23ClN2O. The van der Waals surface area contributed by atoms with E-state index in [4.69, 9.17) is 0 Å². The molecule has 1 heterocycles. The molecule has 1 aromatic rings. The Morgan fingerprint density at radius 2 is 1.95 bits per heavy atom. The van der Waals surface area contributed by atoms with Crippen LogP contribution in [-0.4, -0.2) is 24.5 Å². The molecule has 1 aliphatic heterocycles. The minimum absolute atomic E-state index is 0. The van der Waals surface area contributed by atoms with E-state index in [-0.39, 0.29) is 23.9 Å². The third-order valence-corrected chi connectivity index (χ3v) is 3.77. The van der Waals surface area contributed by atoms with Gasteiger partial charge >= 0.3 is 0 Å². The second-order valence-corrected chi connectivity index (χ2v) is 5.28. The van der Waals surface area contributed by atoms with E-state index in [1.807, 2.05) is 24.3 Å². The number of benzene rings is 1. The molecule has 1 fully saturated rings. The number of hydrogen-bond donors (Lipinski definition) is 2. The zero-order chi connectivity index (χ0) is 13.0. The monoisotopic (exact) mass is 282 g/mol. The highest BCUT2D eigenvalue weighted by Crippen LogP contribution is 2.19. The second-order valence-electron chi connectivity index (χ2n) is 5.28. The minimum atomic E-state index is -0.0663. The molecule has 1 saturated heterocycles. The third-order valence-electron chi connectivity index (χ3n) is 3.77. The van der Waals surface area contributed by atoms with Crippen molar-refractivity contribution in [1.29, 1.82) is 0 Å². The zero-order valence-electron chi connectivity index (χ0n) is 11.7. The van der Waals surface area contributed by atoms with Crippen LogP contribution in [0.1, 0.15) is 42.6 Å². The van der Waals surface area contributed by atoms with Gasteiger partial charge in [0.1, 0.15) is 0 Å². The van der Waals surface area contributed by atoms with E-state index in [0.29, 0.717) is 0 Å². The average Bonchev–Trinajstić information content (AvgIpc) is 2.39. The van der Waals surface area contributed by atoms with Crippen LogP contribution in [0.5, 0.6) is 0 Å². The fourth-order valence-electron chi connectivity index (χ4n) is 2.50. The summed E-state index contributed by atoms with van der Waals surface area (Å²) >= 11 is 0. The summed E-state index contributed by atoms with van der Waals surface area (Å²) in [6, 6.07) is 7.86. The van der Waals surface area contributed by atoms with Gasteiger partial charge in [-0.15, -0.1) is 12.4 Å². The van der Waals surface area contributed by atoms with Crippen LogP contribution in [0.15, 0.2) is 24.3 Å². The van der Waals surface area contributed by atoms with Crippen molar-refractivity contribution in [3.63, 3.8) is 0 Å². The highest BCUT2D eigenvalue weighted by Gasteiger charge is 2.28. The van der Waals surface area contributed by atoms with Gasteiger partial charge in [-0.2, -0.15) is 0 Å². The molecule has 1 aliphatic rings. The molecule has 0 aromatic heterocycles. The molecule has 0 bridgehead atoms. The lowest BCUT2D eigenvalue weighted by atomic mass is 9.90. The van der Waals surface area contributed by atoms with E-state index in [1.54, 1.807) is 0 Å². The molecule has 0 radical (unpaired) electrons. The average molecular weight is 283 g/mol. The first kappa shape index (κ1) is 16.0. The number of amides is 1. The van der Waals surface area contributed by atoms with Gasteiger partial charge in [-0.25, -0.2) is 0 Å². The second kappa shape index (κ2) is 6.92. The summed E-state index contributed by atoms with van der Waals surface area (Å²) in [4.78, 5) is 12.4. The van der Waals surface area contributed by atoms with Gasteiger partial charge in [0.05, 0.1) is 0 Å². The van der Waals surface area contributed by atoms with Crippen molar-refractivity contribution < 1.29 is 4.79 Å². The molecule has 1 amide bonds. The van der Waals surface area contributed by atoms with E-state index < -0.39 is 0 Å². The fraction of sp³-hybridized carbons (Fsp3) is 0.533. The topological polar surface area (TPSA) is 41.1 Å². The number of hydrogen-bond acceptors (Lipinski definition) is 2. The summed E-state index contributed by atoms with van der Waals surface area (Å²) in [6.07, 6.45) is 2.88. The molecule has 2 rings (SSSR count). The van der Waals surface area contributed by atoms with Crippen LogP contribution in [0.3, 0.4) is 0 Å². The minimum Gasteiger partial charge on any atom is -0.347 e. The smallest absolute Gasteiger partial charge is 0.251 e. The Bertz CT molecular complexity index is 428. The number of aryl methyl sites for hydroxylation is 1. The Hall–Kier alpha value is -1.06. The van der Waals surface area contributed by atoms with E-state index in [2.05, 4.69) is 24.5 Å². The summed E-state index contributed by atoms with van der Waals surface area (Å²) in [5.74, 6) is 0.0665. The van der Waals surface area contributed by atoms with Crippen molar-refractivity contribution in [3.8, 4) is 0 Å². The van der Waals surface area contributed by atoms with Crippen LogP contribution in [0, 0.1) is 0 Å². The molecular weight excluding hydrogens is 260 g/mol. The molecule has 0 aliphatic carbocycles. The van der Waals surface area contributed by atoms with E-state index in [0.717, 1.165) is 43.5 Å². The van der Waals surface area contributed by atoms with Gasteiger partial charge in [0, 0.05) is 11.1 Å². The Kier molecular flexibility index (Phi) is 5.83. The molecule has 106 valence electrons. The van der Waals surface area contributed by atoms with E-state index in [9.17, 15) is 4.79 Å². The van der Waals surface area contributed by atoms with Gasteiger partial charge < -0.3 is 10.6 Å². The first-order valence-corrected chi connectivity index (χ1v) is 6.76. The standard InChI is InChI=1S/C15H22N2O.ClH/c1-3-12-6-4-5-7-13(12)14(18)17-15(2)8-10-16-11-9-15;/h4-7,16H,3,8-11H2,1-2H3,(H,17,18);1H. The molecule has 0 unspecified atom stereocenters. The SMILES string of the molecule is CCc1ccccc1C(=O)NC1(C)CCNCC1.Cl. The zero-order valence-corrected chi connectivity index (χ0v) is 12.5. The van der Waals surface area contributed by atoms with Gasteiger partial charge in [0.15, 0.2) is 0 Å². The van der Waals surface area contributed by atoms with Crippen molar-refractivity contribution in [1.82, 2.24) is 10.6 Å². The summed E-state index contributed by atoms with van der Waals surface area (Å²) in [6.45, 7) is 6.18. The van der Waals surface area contributed by atoms with Gasteiger partial charge in [0.2, 0.25) is 0 Å². The predicted molar refractivity (Wildman–Crippen MR) is 81.0 cm³/mol. The van der Waals surface area contributed by atoms with Crippen LogP contribution in [0.25, 0.3) is 0 Å². The van der Waals surface area contributed by atoms with Gasteiger partial charge in [-0.1, -0.05) is 25.1 Å². The van der Waals surface area contributed by atoms with Gasteiger partial charge in [-0.05, 0) is 50.9 Å². The normalized spacial score (nSPS) is 17.4. The number of carbonyl (C=O) groups is 1. The Morgan fingerprint density at radius 3 is 2.58 bits per heavy atom. The lowest BCUT2D eigenvalue weighted by Gasteiger charge is -2.35. The maximum absolute atomic E-state index is 12.4. The molecule has 3 nitrogen and oxygen atoms in total. The number of nitrogens with one attached hydrogen (secondary N) is 2. The Morgan fingerprint density at radius 1 is 1.32 bits per heavy atom. The van der Waals surface area contributed by atoms with Crippen LogP contribution in [0.2, 0.25) is 0 Å². The maximum atomic E-state index is 12.4. The molecule has 1 aromatic carbocycles. The largest absolute Gasteiger partial charge is 0.347 e. The van der Waals surface area contributed by atoms with Crippen LogP contribution in [-0.2, 0) is 6.42 Å². The summed E-state index contributed by atoms with van der Waals surface area (Å²) < 4.78 is 0. The lowest BCUT2D eigenvalue weighted by Crippen LogP contribution is -2.52. The molecule has 4 heteroatoms. The first-order valence-electron chi connectivity index (χ1n) is 6.76. The summed E-state index contributed by atoms with van der Waals surface area (Å²) in [5.41, 5.74) is 1.87. The highest BCUT2D eigenvalue weighted by atomic mass is 35.5. The summed E-state index contributed by atoms with van der Waals surface area (Å²) in [5, 5.41) is 6.53. The van der Waals surface area contributed by atoms with Crippen LogP contribution in [0.4, 0.5) is 0 Å². The predicted octanol–water partition coefficient (Wildman–Crippen LogP) is 2.54. The van der Waals surface area contributed by atoms with Crippen LogP contribution < -0.4 is 10.6 Å². The number of carbonyl (C=O) groups excluding carboxylic acids is 1. The number of rotatable bonds is 3. The van der Waals surface area contributed by atoms with Crippen molar-refractivity contribution in [3.05, 3.63) is 35.4 Å². The number of piperidine rings is 1. The number of halogens is 1.